The second kappa shape index (κ2) is 35.7. The highest BCUT2D eigenvalue weighted by Crippen LogP contribution is 2.16. The number of unbranched alkanes of at least 4 members (excludes halogenated alkanes) is 6. The fraction of sp³-hybridized carbons (Fsp3) is 0.273. The summed E-state index contributed by atoms with van der Waals surface area (Å²) in [7, 11) is 0. The van der Waals surface area contributed by atoms with Crippen LogP contribution >= 0.6 is 71.2 Å². The van der Waals surface area contributed by atoms with E-state index in [9.17, 15) is 0 Å². The van der Waals surface area contributed by atoms with Crippen molar-refractivity contribution in [3.8, 4) is 0 Å². The lowest BCUT2D eigenvalue weighted by molar-refractivity contribution is 0.653. The average molecular weight is 1080 g/mol. The van der Waals surface area contributed by atoms with Crippen molar-refractivity contribution in [3.63, 3.8) is 0 Å². The normalized spacial score (nSPS) is 12.7. The number of rotatable bonds is 18. The lowest BCUT2D eigenvalue weighted by Gasteiger charge is -2.05. The van der Waals surface area contributed by atoms with Crippen LogP contribution in [-0.4, -0.2) is 73.9 Å². The van der Waals surface area contributed by atoms with Gasteiger partial charge < -0.3 is 67.1 Å². The molecule has 70 heavy (non-hydrogen) atoms. The molecule has 0 fully saturated rings. The van der Waals surface area contributed by atoms with Crippen LogP contribution in [0.1, 0.15) is 51.4 Å². The highest BCUT2D eigenvalue weighted by Gasteiger charge is 2.02. The number of halogens is 6. The quantitative estimate of drug-likeness (QED) is 0.0261. The lowest BCUT2D eigenvalue weighted by atomic mass is 10.2. The molecule has 0 radical (unpaired) electrons. The first-order valence-corrected chi connectivity index (χ1v) is 22.8. The van der Waals surface area contributed by atoms with E-state index in [4.69, 9.17) is 92.3 Å². The van der Waals surface area contributed by atoms with Crippen molar-refractivity contribution < 1.29 is 0 Å². The van der Waals surface area contributed by atoms with Crippen LogP contribution in [0.5, 0.6) is 0 Å². The van der Waals surface area contributed by atoms with Gasteiger partial charge in [0.1, 0.15) is 0 Å². The minimum absolute atomic E-state index is 0. The van der Waals surface area contributed by atoms with Crippen LogP contribution < -0.4 is 67.1 Å². The van der Waals surface area contributed by atoms with E-state index in [0.29, 0.717) is 46.3 Å². The molecule has 20 N–H and O–H groups in total. The Morgan fingerprint density at radius 2 is 0.471 bits per heavy atom. The van der Waals surface area contributed by atoms with Gasteiger partial charge >= 0.3 is 0 Å². The molecule has 0 heterocycles. The Kier molecular flexibility index (Phi) is 31.4. The van der Waals surface area contributed by atoms with E-state index in [-0.39, 0.29) is 72.5 Å². The molecule has 0 bridgehead atoms. The maximum Gasteiger partial charge on any atom is 0.218 e. The lowest BCUT2D eigenvalue weighted by Crippen LogP contribution is -2.26. The molecular weight excluding hydrogens is 1020 g/mol. The van der Waals surface area contributed by atoms with Crippen LogP contribution in [0.15, 0.2) is 137 Å². The molecule has 0 atom stereocenters. The first kappa shape index (κ1) is 61.6. The number of anilines is 4. The number of nitrogens with two attached hydrogens (primary N) is 8. The zero-order valence-electron chi connectivity index (χ0n) is 38.2. The number of aliphatic imine (C=N–C) groups is 8. The van der Waals surface area contributed by atoms with E-state index in [1.54, 1.807) is 97.1 Å². The van der Waals surface area contributed by atoms with Gasteiger partial charge in [-0.05, 0) is 123 Å². The molecule has 0 spiro atoms. The van der Waals surface area contributed by atoms with Gasteiger partial charge in [0.25, 0.3) is 0 Å². The van der Waals surface area contributed by atoms with Crippen LogP contribution in [0, 0.1) is 0 Å². The first-order chi connectivity index (χ1) is 32.6. The first-order valence-electron chi connectivity index (χ1n) is 21.3. The third-order valence-corrected chi connectivity index (χ3v) is 9.64. The molecule has 0 aliphatic rings. The second-order valence-corrected chi connectivity index (χ2v) is 16.0. The molecule has 4 rings (SSSR count). The largest absolute Gasteiger partial charge is 0.369 e. The summed E-state index contributed by atoms with van der Waals surface area (Å²) < 4.78 is 0. The van der Waals surface area contributed by atoms with Crippen LogP contribution in [0.2, 0.25) is 20.1 Å². The van der Waals surface area contributed by atoms with Gasteiger partial charge in [-0.2, -0.15) is 20.0 Å². The Hall–Kier alpha value is -6.42. The summed E-state index contributed by atoms with van der Waals surface area (Å²) in [6.45, 7) is 2.25. The summed E-state index contributed by atoms with van der Waals surface area (Å²) in [5, 5.41) is 14.2. The Bertz CT molecular complexity index is 2040. The molecule has 0 saturated carbocycles. The Morgan fingerprint density at radius 1 is 0.300 bits per heavy atom. The maximum atomic E-state index is 5.85. The van der Waals surface area contributed by atoms with Crippen LogP contribution in [0.25, 0.3) is 0 Å². The van der Waals surface area contributed by atoms with Crippen molar-refractivity contribution in [2.75, 3.05) is 47.4 Å². The molecule has 4 aromatic carbocycles. The molecule has 0 aliphatic heterocycles. The van der Waals surface area contributed by atoms with Crippen LogP contribution in [0.4, 0.5) is 22.7 Å². The molecule has 26 heteroatoms. The number of benzene rings is 4. The van der Waals surface area contributed by atoms with Crippen molar-refractivity contribution in [2.24, 2.45) is 85.8 Å². The standard InChI is InChI=1S/2C22H30Cl2N10.2ClH/c2*23-15-5-9-17(10-6-15)31-21(27)33-19(25)29-13-3-1-2-4-14-30-20(26)34-22(28)32-18-11-7-16(24)8-12-18;;/h2*5-12H,1-4,13-14H2,(H5,25,27,29,31,33)(H5,26,28,30,32,34);2*1H. The van der Waals surface area contributed by atoms with E-state index < -0.39 is 0 Å². The Labute approximate surface area is 441 Å². The van der Waals surface area contributed by atoms with E-state index in [0.717, 1.165) is 74.1 Å². The third kappa shape index (κ3) is 29.5. The van der Waals surface area contributed by atoms with Crippen molar-refractivity contribution >= 4 is 142 Å². The fourth-order valence-electron chi connectivity index (χ4n) is 5.40. The van der Waals surface area contributed by atoms with Gasteiger partial charge in [0.2, 0.25) is 47.7 Å². The van der Waals surface area contributed by atoms with Gasteiger partial charge in [0, 0.05) is 69.0 Å². The van der Waals surface area contributed by atoms with E-state index in [2.05, 4.69) is 61.2 Å². The van der Waals surface area contributed by atoms with Crippen LogP contribution in [-0.2, 0) is 0 Å². The molecule has 0 unspecified atom stereocenters. The highest BCUT2D eigenvalue weighted by atomic mass is 35.5. The molecule has 0 aromatic heterocycles. The minimum Gasteiger partial charge on any atom is -0.369 e. The molecule has 0 saturated heterocycles. The van der Waals surface area contributed by atoms with Crippen molar-refractivity contribution in [1.82, 2.24) is 0 Å². The number of hydrogen-bond acceptors (Lipinski definition) is 4. The van der Waals surface area contributed by atoms with Crippen molar-refractivity contribution in [1.29, 1.82) is 0 Å². The Morgan fingerprint density at radius 3 is 0.643 bits per heavy atom. The fourth-order valence-corrected chi connectivity index (χ4v) is 5.90. The minimum atomic E-state index is 0. The number of guanidine groups is 8. The van der Waals surface area contributed by atoms with Gasteiger partial charge in [0.05, 0.1) is 0 Å². The topological polar surface area (TPSA) is 355 Å². The molecule has 0 amide bonds. The number of nitrogens with zero attached hydrogens (tertiary/aromatic N) is 8. The average Bonchev–Trinajstić information content (AvgIpc) is 3.28. The van der Waals surface area contributed by atoms with Crippen molar-refractivity contribution in [2.45, 2.75) is 51.4 Å². The van der Waals surface area contributed by atoms with E-state index >= 15 is 0 Å². The highest BCUT2D eigenvalue weighted by molar-refractivity contribution is 6.31. The summed E-state index contributed by atoms with van der Waals surface area (Å²) in [6.07, 6.45) is 7.37. The summed E-state index contributed by atoms with van der Waals surface area (Å²) in [4.78, 5) is 33.0. The zero-order valence-corrected chi connectivity index (χ0v) is 42.9. The predicted octanol–water partition coefficient (Wildman–Crippen LogP) is 7.52. The van der Waals surface area contributed by atoms with Crippen molar-refractivity contribution in [3.05, 3.63) is 117 Å². The van der Waals surface area contributed by atoms with Gasteiger partial charge in [-0.15, -0.1) is 24.8 Å². The maximum absolute atomic E-state index is 5.85. The Balaban J connectivity index is 0.000000681. The monoisotopic (exact) mass is 1080 g/mol. The molecule has 380 valence electrons. The summed E-state index contributed by atoms with van der Waals surface area (Å²) in [5.41, 5.74) is 49.5. The number of hydrogen-bond donors (Lipinski definition) is 12. The van der Waals surface area contributed by atoms with E-state index in [1.165, 1.54) is 0 Å². The summed E-state index contributed by atoms with van der Waals surface area (Å²) >= 11 is 23.4. The molecular formula is C44H62Cl6N20. The third-order valence-electron chi connectivity index (χ3n) is 8.63. The van der Waals surface area contributed by atoms with Gasteiger partial charge in [-0.25, -0.2) is 0 Å². The summed E-state index contributed by atoms with van der Waals surface area (Å²) in [5.74, 6) is 1.13. The molecule has 4 aromatic rings. The smallest absolute Gasteiger partial charge is 0.218 e. The SMILES string of the molecule is Cl.Cl.NC(=NCCCCCCN=C(N)N=C(N)Nc1ccc(Cl)cc1)N=C(N)Nc1ccc(Cl)cc1.NC(=NCCCCCCN=C(N)N=C(N)Nc1ccc(Cl)cc1)N=C(N)Nc1ccc(Cl)cc1. The zero-order chi connectivity index (χ0) is 49.5. The van der Waals surface area contributed by atoms with E-state index in [1.807, 2.05) is 0 Å². The predicted molar refractivity (Wildman–Crippen MR) is 304 cm³/mol. The molecule has 20 nitrogen and oxygen atoms in total. The van der Waals surface area contributed by atoms with Gasteiger partial charge in [-0.3, -0.25) is 20.0 Å². The molecule has 0 aliphatic carbocycles. The second-order valence-electron chi connectivity index (χ2n) is 14.3. The number of nitrogens with one attached hydrogen (secondary N) is 4. The summed E-state index contributed by atoms with van der Waals surface area (Å²) in [6, 6.07) is 28.3. The van der Waals surface area contributed by atoms with Gasteiger partial charge in [0.15, 0.2) is 0 Å². The van der Waals surface area contributed by atoms with Crippen LogP contribution in [0.3, 0.4) is 0 Å². The van der Waals surface area contributed by atoms with Gasteiger partial charge in [-0.1, -0.05) is 72.1 Å².